The lowest BCUT2D eigenvalue weighted by Gasteiger charge is -2.12. The van der Waals surface area contributed by atoms with E-state index in [4.69, 9.17) is 0 Å². The highest BCUT2D eigenvalue weighted by molar-refractivity contribution is 14.1. The quantitative estimate of drug-likeness (QED) is 0.205. The van der Waals surface area contributed by atoms with Crippen molar-refractivity contribution in [2.24, 2.45) is 0 Å². The molecule has 0 aliphatic rings. The largest absolute Gasteiger partial charge is 0.309 e. The van der Waals surface area contributed by atoms with Crippen molar-refractivity contribution < 1.29 is 0 Å². The summed E-state index contributed by atoms with van der Waals surface area (Å²) < 4.78 is 3.64. The Morgan fingerprint density at radius 2 is 1.09 bits per heavy atom. The molecule has 1 heterocycles. The van der Waals surface area contributed by atoms with Gasteiger partial charge in [0.25, 0.3) is 0 Å². The van der Waals surface area contributed by atoms with Crippen molar-refractivity contribution in [2.45, 2.75) is 0 Å². The van der Waals surface area contributed by atoms with Crippen LogP contribution in [0.5, 0.6) is 0 Å². The molecule has 0 fully saturated rings. The molecule has 5 aromatic carbocycles. The van der Waals surface area contributed by atoms with Crippen LogP contribution in [0.3, 0.4) is 0 Å². The smallest absolute Gasteiger partial charge is 0.0619 e. The van der Waals surface area contributed by atoms with Gasteiger partial charge in [-0.2, -0.15) is 0 Å². The van der Waals surface area contributed by atoms with E-state index in [0.717, 1.165) is 0 Å². The maximum Gasteiger partial charge on any atom is 0.0619 e. The zero-order chi connectivity index (χ0) is 21.5. The first-order valence-corrected chi connectivity index (χ1v) is 11.8. The van der Waals surface area contributed by atoms with Gasteiger partial charge < -0.3 is 4.57 Å². The first-order chi connectivity index (χ1) is 15.8. The Bertz CT molecular complexity index is 1540. The van der Waals surface area contributed by atoms with E-state index in [1.807, 2.05) is 0 Å². The van der Waals surface area contributed by atoms with Gasteiger partial charge in [-0.05, 0) is 69.6 Å². The Kier molecular flexibility index (Phi) is 4.80. The maximum absolute atomic E-state index is 2.40. The summed E-state index contributed by atoms with van der Waals surface area (Å²) in [5.41, 5.74) is 8.62. The van der Waals surface area contributed by atoms with Gasteiger partial charge in [0.2, 0.25) is 0 Å². The van der Waals surface area contributed by atoms with Gasteiger partial charge in [0.1, 0.15) is 0 Å². The third-order valence-corrected chi connectivity index (χ3v) is 6.80. The number of hydrogen-bond acceptors (Lipinski definition) is 0. The fourth-order valence-corrected chi connectivity index (χ4v) is 4.94. The van der Waals surface area contributed by atoms with Crippen LogP contribution in [-0.2, 0) is 0 Å². The van der Waals surface area contributed by atoms with E-state index in [-0.39, 0.29) is 0 Å². The average molecular weight is 521 g/mol. The zero-order valence-electron chi connectivity index (χ0n) is 17.4. The predicted octanol–water partition coefficient (Wildman–Crippen LogP) is 8.72. The molecule has 2 heteroatoms. The number of rotatable bonds is 3. The molecule has 1 aromatic heterocycles. The van der Waals surface area contributed by atoms with Gasteiger partial charge in [0, 0.05) is 25.6 Å². The molecule has 0 aliphatic carbocycles. The molecule has 152 valence electrons. The number of nitrogens with zero attached hydrogens (tertiary/aromatic N) is 1. The van der Waals surface area contributed by atoms with E-state index in [0.29, 0.717) is 0 Å². The maximum atomic E-state index is 2.40. The number of hydrogen-bond donors (Lipinski definition) is 0. The van der Waals surface area contributed by atoms with E-state index in [9.17, 15) is 0 Å². The molecule has 32 heavy (non-hydrogen) atoms. The molecular weight excluding hydrogens is 501 g/mol. The third-order valence-electron chi connectivity index (χ3n) is 6.08. The number of fused-ring (bicyclic) bond motifs is 3. The van der Waals surface area contributed by atoms with E-state index in [2.05, 4.69) is 148 Å². The van der Waals surface area contributed by atoms with Gasteiger partial charge in [-0.25, -0.2) is 0 Å². The second kappa shape index (κ2) is 7.95. The van der Waals surface area contributed by atoms with Crippen molar-refractivity contribution in [1.82, 2.24) is 4.57 Å². The van der Waals surface area contributed by atoms with Crippen LogP contribution in [0.25, 0.3) is 49.7 Å². The minimum atomic E-state index is 1.19. The molecule has 0 amide bonds. The third kappa shape index (κ3) is 3.23. The van der Waals surface area contributed by atoms with Gasteiger partial charge >= 0.3 is 0 Å². The Hall–Kier alpha value is -3.37. The highest BCUT2D eigenvalue weighted by Gasteiger charge is 2.16. The van der Waals surface area contributed by atoms with Crippen LogP contribution < -0.4 is 0 Å². The molecule has 0 bridgehead atoms. The summed E-state index contributed by atoms with van der Waals surface area (Å²) in [5, 5.41) is 2.56. The van der Waals surface area contributed by atoms with Gasteiger partial charge in [-0.15, -0.1) is 0 Å². The molecule has 1 nitrogen and oxygen atoms in total. The highest BCUT2D eigenvalue weighted by atomic mass is 127. The lowest BCUT2D eigenvalue weighted by Crippen LogP contribution is -1.95. The number of aromatic nitrogens is 1. The number of benzene rings is 5. The molecule has 0 unspecified atom stereocenters. The first kappa shape index (κ1) is 19.3. The monoisotopic (exact) mass is 521 g/mol. The lowest BCUT2D eigenvalue weighted by atomic mass is 9.98. The number of para-hydroxylation sites is 2. The summed E-state index contributed by atoms with van der Waals surface area (Å²) in [6.45, 7) is 0. The van der Waals surface area contributed by atoms with E-state index < -0.39 is 0 Å². The Balaban J connectivity index is 1.61. The molecule has 0 spiro atoms. The van der Waals surface area contributed by atoms with Crippen LogP contribution in [-0.4, -0.2) is 4.57 Å². The minimum absolute atomic E-state index is 1.19. The van der Waals surface area contributed by atoms with Gasteiger partial charge in [-0.1, -0.05) is 91.0 Å². The predicted molar refractivity (Wildman–Crippen MR) is 144 cm³/mol. The summed E-state index contributed by atoms with van der Waals surface area (Å²) in [4.78, 5) is 0. The van der Waals surface area contributed by atoms with Crippen molar-refractivity contribution in [3.63, 3.8) is 0 Å². The fraction of sp³-hybridized carbons (Fsp3) is 0. The second-order valence-corrected chi connectivity index (χ2v) is 9.22. The van der Waals surface area contributed by atoms with Crippen molar-refractivity contribution in [3.05, 3.63) is 125 Å². The SMILES string of the molecule is Ic1ccc(-n2c3ccccc3c3cccc(-c4ccc(-c5ccccc5)cc4)c32)cc1. The van der Waals surface area contributed by atoms with Gasteiger partial charge in [0.15, 0.2) is 0 Å². The van der Waals surface area contributed by atoms with E-state index >= 15 is 0 Å². The minimum Gasteiger partial charge on any atom is -0.309 e. The van der Waals surface area contributed by atoms with Gasteiger partial charge in [0.05, 0.1) is 11.0 Å². The van der Waals surface area contributed by atoms with E-state index in [1.165, 1.54) is 53.3 Å². The molecule has 0 N–H and O–H groups in total. The second-order valence-electron chi connectivity index (χ2n) is 7.97. The first-order valence-electron chi connectivity index (χ1n) is 10.7. The lowest BCUT2D eigenvalue weighted by molar-refractivity contribution is 1.18. The topological polar surface area (TPSA) is 4.93 Å². The van der Waals surface area contributed by atoms with Crippen molar-refractivity contribution in [1.29, 1.82) is 0 Å². The zero-order valence-corrected chi connectivity index (χ0v) is 19.5. The Morgan fingerprint density at radius 3 is 1.88 bits per heavy atom. The molecule has 0 atom stereocenters. The molecule has 0 radical (unpaired) electrons. The Labute approximate surface area is 201 Å². The summed E-state index contributed by atoms with van der Waals surface area (Å²) >= 11 is 2.36. The van der Waals surface area contributed by atoms with Crippen LogP contribution in [0.1, 0.15) is 0 Å². The fourth-order valence-electron chi connectivity index (χ4n) is 4.58. The standard InChI is InChI=1S/C30H20IN/c31-24-17-19-25(20-18-24)32-29-12-5-4-9-27(29)28-11-6-10-26(30(28)32)23-15-13-22(14-16-23)21-7-2-1-3-8-21/h1-20H. The van der Waals surface area contributed by atoms with Crippen molar-refractivity contribution >= 4 is 44.4 Å². The molecule has 0 saturated carbocycles. The van der Waals surface area contributed by atoms with Crippen molar-refractivity contribution in [2.75, 3.05) is 0 Å². The normalized spacial score (nSPS) is 11.3. The van der Waals surface area contributed by atoms with Crippen LogP contribution >= 0.6 is 22.6 Å². The van der Waals surface area contributed by atoms with Crippen molar-refractivity contribution in [3.8, 4) is 27.9 Å². The van der Waals surface area contributed by atoms with Gasteiger partial charge in [-0.3, -0.25) is 0 Å². The van der Waals surface area contributed by atoms with E-state index in [1.54, 1.807) is 0 Å². The molecular formula is C30H20IN. The van der Waals surface area contributed by atoms with Crippen LogP contribution in [0.2, 0.25) is 0 Å². The molecule has 0 saturated heterocycles. The summed E-state index contributed by atoms with van der Waals surface area (Å²) in [5.74, 6) is 0. The highest BCUT2D eigenvalue weighted by Crippen LogP contribution is 2.38. The van der Waals surface area contributed by atoms with Crippen LogP contribution in [0.4, 0.5) is 0 Å². The number of halogens is 1. The molecule has 6 rings (SSSR count). The summed E-state index contributed by atoms with van der Waals surface area (Å²) in [6.07, 6.45) is 0. The Morgan fingerprint density at radius 1 is 0.469 bits per heavy atom. The molecule has 6 aromatic rings. The van der Waals surface area contributed by atoms with Crippen LogP contribution in [0, 0.1) is 3.57 Å². The average Bonchev–Trinajstić information content (AvgIpc) is 3.20. The van der Waals surface area contributed by atoms with Crippen LogP contribution in [0.15, 0.2) is 121 Å². The summed E-state index contributed by atoms with van der Waals surface area (Å²) in [6, 6.07) is 43.6. The summed E-state index contributed by atoms with van der Waals surface area (Å²) in [7, 11) is 0. The molecule has 0 aliphatic heterocycles.